The van der Waals surface area contributed by atoms with Crippen molar-refractivity contribution in [2.24, 2.45) is 0 Å². The van der Waals surface area contributed by atoms with Crippen LogP contribution in [0, 0.1) is 13.8 Å². The Hall–Kier alpha value is -1.78. The molecule has 0 aliphatic carbocycles. The predicted octanol–water partition coefficient (Wildman–Crippen LogP) is 3.01. The van der Waals surface area contributed by atoms with Crippen LogP contribution >= 0.6 is 0 Å². The van der Waals surface area contributed by atoms with Crippen molar-refractivity contribution >= 4 is 11.8 Å². The molecule has 2 amide bonds. The van der Waals surface area contributed by atoms with Crippen LogP contribution in [0.2, 0.25) is 0 Å². The maximum atomic E-state index is 12.6. The SMILES string of the molecule is CCCN(CCC(=O)N(CC)CC)C(=O)c1cc(C)oc1C. The highest BCUT2D eigenvalue weighted by molar-refractivity contribution is 5.95. The van der Waals surface area contributed by atoms with E-state index in [1.54, 1.807) is 22.8 Å². The summed E-state index contributed by atoms with van der Waals surface area (Å²) < 4.78 is 5.44. The summed E-state index contributed by atoms with van der Waals surface area (Å²) in [4.78, 5) is 28.3. The van der Waals surface area contributed by atoms with Gasteiger partial charge < -0.3 is 14.2 Å². The Balaban J connectivity index is 2.75. The van der Waals surface area contributed by atoms with E-state index in [2.05, 4.69) is 0 Å². The van der Waals surface area contributed by atoms with Gasteiger partial charge >= 0.3 is 0 Å². The zero-order valence-electron chi connectivity index (χ0n) is 14.4. The first-order valence-corrected chi connectivity index (χ1v) is 8.08. The van der Waals surface area contributed by atoms with Crippen molar-refractivity contribution in [2.75, 3.05) is 26.2 Å². The van der Waals surface area contributed by atoms with Gasteiger partial charge in [-0.15, -0.1) is 0 Å². The van der Waals surface area contributed by atoms with Crippen LogP contribution in [0.15, 0.2) is 10.5 Å². The molecule has 0 aromatic carbocycles. The third-order valence-corrected chi connectivity index (χ3v) is 3.76. The lowest BCUT2D eigenvalue weighted by Crippen LogP contribution is -2.37. The lowest BCUT2D eigenvalue weighted by Gasteiger charge is -2.24. The van der Waals surface area contributed by atoms with Gasteiger partial charge in [0.15, 0.2) is 0 Å². The number of furan rings is 1. The van der Waals surface area contributed by atoms with Crippen LogP contribution in [0.4, 0.5) is 0 Å². The first-order valence-electron chi connectivity index (χ1n) is 8.08. The van der Waals surface area contributed by atoms with Gasteiger partial charge in [-0.3, -0.25) is 9.59 Å². The second-order valence-corrected chi connectivity index (χ2v) is 5.44. The lowest BCUT2D eigenvalue weighted by atomic mass is 10.2. The van der Waals surface area contributed by atoms with Crippen molar-refractivity contribution in [3.8, 4) is 0 Å². The van der Waals surface area contributed by atoms with Gasteiger partial charge in [-0.25, -0.2) is 0 Å². The van der Waals surface area contributed by atoms with E-state index in [-0.39, 0.29) is 11.8 Å². The number of rotatable bonds is 8. The van der Waals surface area contributed by atoms with Crippen molar-refractivity contribution in [1.82, 2.24) is 9.80 Å². The zero-order valence-corrected chi connectivity index (χ0v) is 14.4. The van der Waals surface area contributed by atoms with Crippen molar-refractivity contribution in [3.63, 3.8) is 0 Å². The van der Waals surface area contributed by atoms with Crippen LogP contribution in [-0.4, -0.2) is 47.8 Å². The molecule has 1 heterocycles. The second-order valence-electron chi connectivity index (χ2n) is 5.44. The number of hydrogen-bond donors (Lipinski definition) is 0. The molecule has 0 fully saturated rings. The maximum absolute atomic E-state index is 12.6. The smallest absolute Gasteiger partial charge is 0.257 e. The summed E-state index contributed by atoms with van der Waals surface area (Å²) in [6, 6.07) is 1.77. The molecule has 0 bridgehead atoms. The summed E-state index contributed by atoms with van der Waals surface area (Å²) in [6.07, 6.45) is 1.23. The Labute approximate surface area is 133 Å². The van der Waals surface area contributed by atoms with Crippen LogP contribution in [0.25, 0.3) is 0 Å². The minimum Gasteiger partial charge on any atom is -0.466 e. The first kappa shape index (κ1) is 18.3. The first-order chi connectivity index (χ1) is 10.4. The molecule has 0 saturated carbocycles. The Bertz CT molecular complexity index is 504. The summed E-state index contributed by atoms with van der Waals surface area (Å²) in [7, 11) is 0. The van der Waals surface area contributed by atoms with Crippen molar-refractivity contribution in [1.29, 1.82) is 0 Å². The summed E-state index contributed by atoms with van der Waals surface area (Å²) in [5.41, 5.74) is 0.598. The monoisotopic (exact) mass is 308 g/mol. The standard InChI is InChI=1S/C17H28N2O3/c1-6-10-19(11-9-16(20)18(7-2)8-3)17(21)15-12-13(4)22-14(15)5/h12H,6-11H2,1-5H3. The van der Waals surface area contributed by atoms with E-state index in [0.29, 0.717) is 43.9 Å². The van der Waals surface area contributed by atoms with E-state index < -0.39 is 0 Å². The molecule has 0 aliphatic heterocycles. The third kappa shape index (κ3) is 4.61. The maximum Gasteiger partial charge on any atom is 0.257 e. The van der Waals surface area contributed by atoms with Gasteiger partial charge in [-0.05, 0) is 40.2 Å². The molecule has 1 aromatic heterocycles. The topological polar surface area (TPSA) is 53.8 Å². The highest BCUT2D eigenvalue weighted by atomic mass is 16.3. The lowest BCUT2D eigenvalue weighted by molar-refractivity contribution is -0.131. The molecule has 1 rings (SSSR count). The minimum absolute atomic E-state index is 0.0523. The van der Waals surface area contributed by atoms with E-state index >= 15 is 0 Å². The fourth-order valence-corrected chi connectivity index (χ4v) is 2.56. The number of aryl methyl sites for hydroxylation is 2. The van der Waals surface area contributed by atoms with E-state index in [1.807, 2.05) is 27.7 Å². The summed E-state index contributed by atoms with van der Waals surface area (Å²) in [5, 5.41) is 0. The van der Waals surface area contributed by atoms with Crippen LogP contribution in [0.5, 0.6) is 0 Å². The third-order valence-electron chi connectivity index (χ3n) is 3.76. The average Bonchev–Trinajstić information content (AvgIpc) is 2.82. The normalized spacial score (nSPS) is 10.6. The largest absolute Gasteiger partial charge is 0.466 e. The summed E-state index contributed by atoms with van der Waals surface area (Å²) in [5.74, 6) is 1.41. The Morgan fingerprint density at radius 1 is 1.05 bits per heavy atom. The van der Waals surface area contributed by atoms with Gasteiger partial charge in [0.2, 0.25) is 5.91 Å². The molecule has 124 valence electrons. The summed E-state index contributed by atoms with van der Waals surface area (Å²) >= 11 is 0. The fourth-order valence-electron chi connectivity index (χ4n) is 2.56. The van der Waals surface area contributed by atoms with Crippen molar-refractivity contribution in [2.45, 2.75) is 47.5 Å². The molecule has 0 radical (unpaired) electrons. The Morgan fingerprint density at radius 2 is 1.68 bits per heavy atom. The quantitative estimate of drug-likeness (QED) is 0.742. The molecule has 0 spiro atoms. The van der Waals surface area contributed by atoms with Gasteiger partial charge in [0.1, 0.15) is 11.5 Å². The highest BCUT2D eigenvalue weighted by Crippen LogP contribution is 2.16. The van der Waals surface area contributed by atoms with Crippen LogP contribution < -0.4 is 0 Å². The molecule has 5 nitrogen and oxygen atoms in total. The molecule has 0 unspecified atom stereocenters. The van der Waals surface area contributed by atoms with Gasteiger partial charge in [-0.1, -0.05) is 6.92 Å². The van der Waals surface area contributed by atoms with Gasteiger partial charge in [0, 0.05) is 32.6 Å². The van der Waals surface area contributed by atoms with E-state index in [4.69, 9.17) is 4.42 Å². The van der Waals surface area contributed by atoms with Crippen molar-refractivity contribution in [3.05, 3.63) is 23.2 Å². The highest BCUT2D eigenvalue weighted by Gasteiger charge is 2.21. The average molecular weight is 308 g/mol. The molecular formula is C17H28N2O3. The Morgan fingerprint density at radius 3 is 2.14 bits per heavy atom. The van der Waals surface area contributed by atoms with Gasteiger partial charge in [-0.2, -0.15) is 0 Å². The fraction of sp³-hybridized carbons (Fsp3) is 0.647. The number of carbonyl (C=O) groups is 2. The summed E-state index contributed by atoms with van der Waals surface area (Å²) in [6.45, 7) is 12.1. The molecular weight excluding hydrogens is 280 g/mol. The van der Waals surface area contributed by atoms with Gasteiger partial charge in [0.25, 0.3) is 5.91 Å². The van der Waals surface area contributed by atoms with E-state index in [0.717, 1.165) is 12.2 Å². The molecule has 0 N–H and O–H groups in total. The van der Waals surface area contributed by atoms with Crippen molar-refractivity contribution < 1.29 is 14.0 Å². The molecule has 22 heavy (non-hydrogen) atoms. The van der Waals surface area contributed by atoms with E-state index in [1.165, 1.54) is 0 Å². The molecule has 0 saturated heterocycles. The van der Waals surface area contributed by atoms with Crippen LogP contribution in [-0.2, 0) is 4.79 Å². The number of carbonyl (C=O) groups excluding carboxylic acids is 2. The zero-order chi connectivity index (χ0) is 16.7. The molecule has 5 heteroatoms. The van der Waals surface area contributed by atoms with Crippen LogP contribution in [0.1, 0.15) is 55.5 Å². The molecule has 1 aromatic rings. The van der Waals surface area contributed by atoms with Crippen LogP contribution in [0.3, 0.4) is 0 Å². The number of amides is 2. The predicted molar refractivity (Wildman–Crippen MR) is 86.9 cm³/mol. The van der Waals surface area contributed by atoms with E-state index in [9.17, 15) is 9.59 Å². The molecule has 0 atom stereocenters. The number of hydrogen-bond acceptors (Lipinski definition) is 3. The molecule has 0 aliphatic rings. The minimum atomic E-state index is -0.0523. The Kier molecular flexibility index (Phi) is 7.15. The van der Waals surface area contributed by atoms with Gasteiger partial charge in [0.05, 0.1) is 5.56 Å². The second kappa shape index (κ2) is 8.61. The number of nitrogens with zero attached hydrogens (tertiary/aromatic N) is 2.